The third-order valence-electron chi connectivity index (χ3n) is 0.901. The minimum absolute atomic E-state index is 0.112. The van der Waals surface area contributed by atoms with E-state index in [2.05, 4.69) is 13.5 Å². The minimum atomic E-state index is -0.112. The minimum Gasteiger partial charge on any atom is -0.385 e. The molecule has 0 heterocycles. The molecular formula is C5H12OSi. The standard InChI is InChI=1S/C5H12OSi/c1-4-7-5(2)6-3/h4-5H,1,7H2,2-3H3. The van der Waals surface area contributed by atoms with E-state index in [1.165, 1.54) is 0 Å². The smallest absolute Gasteiger partial charge is 0.0784 e. The fourth-order valence-electron chi connectivity index (χ4n) is 0.331. The molecule has 0 saturated carbocycles. The largest absolute Gasteiger partial charge is 0.385 e. The molecule has 0 bridgehead atoms. The molecule has 1 unspecified atom stereocenters. The Kier molecular flexibility index (Phi) is 4.04. The van der Waals surface area contributed by atoms with Gasteiger partial charge in [-0.3, -0.25) is 0 Å². The fraction of sp³-hybridized carbons (Fsp3) is 0.600. The van der Waals surface area contributed by atoms with Gasteiger partial charge in [-0.25, -0.2) is 0 Å². The van der Waals surface area contributed by atoms with E-state index in [0.717, 1.165) is 0 Å². The Morgan fingerprint density at radius 1 is 1.86 bits per heavy atom. The lowest BCUT2D eigenvalue weighted by molar-refractivity contribution is 0.179. The van der Waals surface area contributed by atoms with Gasteiger partial charge < -0.3 is 4.74 Å². The molecule has 0 radical (unpaired) electrons. The first-order chi connectivity index (χ1) is 3.31. The van der Waals surface area contributed by atoms with E-state index in [0.29, 0.717) is 5.73 Å². The molecule has 0 spiro atoms. The van der Waals surface area contributed by atoms with Gasteiger partial charge in [0.15, 0.2) is 0 Å². The van der Waals surface area contributed by atoms with E-state index in [1.807, 2.05) is 5.70 Å². The van der Waals surface area contributed by atoms with Gasteiger partial charge in [-0.15, -0.1) is 12.3 Å². The third kappa shape index (κ3) is 3.75. The summed E-state index contributed by atoms with van der Waals surface area (Å²) in [6.07, 6.45) is 0. The quantitative estimate of drug-likeness (QED) is 0.482. The molecule has 0 aliphatic rings. The monoisotopic (exact) mass is 116 g/mol. The van der Waals surface area contributed by atoms with Crippen molar-refractivity contribution in [3.63, 3.8) is 0 Å². The summed E-state index contributed by atoms with van der Waals surface area (Å²) in [5.74, 6) is 0. The molecule has 0 aromatic carbocycles. The predicted molar refractivity (Wildman–Crippen MR) is 35.2 cm³/mol. The lowest BCUT2D eigenvalue weighted by atomic mass is 10.9. The molecule has 0 aliphatic carbocycles. The van der Waals surface area contributed by atoms with Crippen molar-refractivity contribution in [2.75, 3.05) is 7.11 Å². The first-order valence-electron chi connectivity index (χ1n) is 2.45. The zero-order valence-corrected chi connectivity index (χ0v) is 6.39. The second-order valence-electron chi connectivity index (χ2n) is 1.57. The number of hydrogen-bond donors (Lipinski definition) is 0. The molecule has 2 heteroatoms. The summed E-state index contributed by atoms with van der Waals surface area (Å²) in [5.41, 5.74) is 2.46. The Hall–Kier alpha value is -0.0831. The van der Waals surface area contributed by atoms with Crippen molar-refractivity contribution in [2.45, 2.75) is 12.7 Å². The van der Waals surface area contributed by atoms with Crippen LogP contribution in [0.1, 0.15) is 6.92 Å². The summed E-state index contributed by atoms with van der Waals surface area (Å²) >= 11 is 0. The van der Waals surface area contributed by atoms with Crippen LogP contribution in [-0.2, 0) is 4.74 Å². The van der Waals surface area contributed by atoms with Gasteiger partial charge in [-0.2, -0.15) is 0 Å². The Bertz CT molecular complexity index is 54.0. The molecule has 1 nitrogen and oxygen atoms in total. The van der Waals surface area contributed by atoms with Gasteiger partial charge in [0.05, 0.1) is 9.52 Å². The van der Waals surface area contributed by atoms with Crippen molar-refractivity contribution < 1.29 is 4.74 Å². The van der Waals surface area contributed by atoms with E-state index in [4.69, 9.17) is 4.74 Å². The van der Waals surface area contributed by atoms with Crippen LogP contribution in [0.4, 0.5) is 0 Å². The molecule has 0 amide bonds. The second-order valence-corrected chi connectivity index (χ2v) is 3.77. The molecule has 7 heavy (non-hydrogen) atoms. The molecule has 0 aromatic rings. The van der Waals surface area contributed by atoms with Crippen molar-refractivity contribution >= 4 is 9.52 Å². The van der Waals surface area contributed by atoms with Crippen LogP contribution in [0.5, 0.6) is 0 Å². The average Bonchev–Trinajstić information content (AvgIpc) is 1.68. The van der Waals surface area contributed by atoms with Gasteiger partial charge in [0, 0.05) is 12.8 Å². The lowest BCUT2D eigenvalue weighted by Gasteiger charge is -2.01. The normalized spacial score (nSPS) is 15.1. The maximum absolute atomic E-state index is 4.98. The van der Waals surface area contributed by atoms with Crippen molar-refractivity contribution in [3.05, 3.63) is 12.3 Å². The molecule has 0 fully saturated rings. The summed E-state index contributed by atoms with van der Waals surface area (Å²) in [6.45, 7) is 5.71. The summed E-state index contributed by atoms with van der Waals surface area (Å²) < 4.78 is 4.98. The van der Waals surface area contributed by atoms with Gasteiger partial charge in [0.2, 0.25) is 0 Å². The number of methoxy groups -OCH3 is 1. The van der Waals surface area contributed by atoms with Crippen LogP contribution in [0.15, 0.2) is 12.3 Å². The SMILES string of the molecule is C=C[SiH2]C(C)OC. The zero-order chi connectivity index (χ0) is 5.70. The topological polar surface area (TPSA) is 9.23 Å². The summed E-state index contributed by atoms with van der Waals surface area (Å²) in [5, 5.41) is 0. The number of ether oxygens (including phenoxy) is 1. The summed E-state index contributed by atoms with van der Waals surface area (Å²) in [6, 6.07) is 0. The highest BCUT2D eigenvalue weighted by molar-refractivity contribution is 6.43. The molecule has 1 atom stereocenters. The highest BCUT2D eigenvalue weighted by atomic mass is 28.2. The zero-order valence-electron chi connectivity index (χ0n) is 4.98. The Morgan fingerprint density at radius 3 is 2.57 bits per heavy atom. The summed E-state index contributed by atoms with van der Waals surface area (Å²) in [4.78, 5) is 0. The van der Waals surface area contributed by atoms with E-state index in [-0.39, 0.29) is 9.52 Å². The fourth-order valence-corrected chi connectivity index (χ4v) is 0.993. The number of rotatable bonds is 3. The van der Waals surface area contributed by atoms with Crippen molar-refractivity contribution in [1.82, 2.24) is 0 Å². The van der Waals surface area contributed by atoms with Gasteiger partial charge in [0.25, 0.3) is 0 Å². The molecule has 0 aromatic heterocycles. The third-order valence-corrected chi connectivity index (χ3v) is 2.23. The van der Waals surface area contributed by atoms with Gasteiger partial charge in [0.1, 0.15) is 0 Å². The van der Waals surface area contributed by atoms with Gasteiger partial charge in [-0.1, -0.05) is 0 Å². The Labute approximate surface area is 47.2 Å². The van der Waals surface area contributed by atoms with Crippen molar-refractivity contribution in [1.29, 1.82) is 0 Å². The van der Waals surface area contributed by atoms with Crippen LogP contribution >= 0.6 is 0 Å². The Morgan fingerprint density at radius 2 is 2.43 bits per heavy atom. The first kappa shape index (κ1) is 6.92. The van der Waals surface area contributed by atoms with E-state index in [9.17, 15) is 0 Å². The molecule has 0 N–H and O–H groups in total. The van der Waals surface area contributed by atoms with Crippen LogP contribution in [0.25, 0.3) is 0 Å². The highest BCUT2D eigenvalue weighted by Crippen LogP contribution is 1.81. The Balaban J connectivity index is 2.98. The predicted octanol–water partition coefficient (Wildman–Crippen LogP) is 0.291. The van der Waals surface area contributed by atoms with Gasteiger partial charge >= 0.3 is 0 Å². The van der Waals surface area contributed by atoms with E-state index in [1.54, 1.807) is 7.11 Å². The average molecular weight is 116 g/mol. The molecular weight excluding hydrogens is 104 g/mol. The van der Waals surface area contributed by atoms with Crippen LogP contribution in [0.2, 0.25) is 0 Å². The van der Waals surface area contributed by atoms with Crippen LogP contribution in [0.3, 0.4) is 0 Å². The maximum atomic E-state index is 4.98. The number of hydrogen-bond acceptors (Lipinski definition) is 1. The maximum Gasteiger partial charge on any atom is 0.0784 e. The lowest BCUT2D eigenvalue weighted by Crippen LogP contribution is -2.11. The first-order valence-corrected chi connectivity index (χ1v) is 4.08. The van der Waals surface area contributed by atoms with Crippen LogP contribution in [0, 0.1) is 0 Å². The van der Waals surface area contributed by atoms with E-state index >= 15 is 0 Å². The second kappa shape index (κ2) is 4.09. The molecule has 0 saturated heterocycles. The molecule has 0 rings (SSSR count). The van der Waals surface area contributed by atoms with E-state index < -0.39 is 0 Å². The molecule has 42 valence electrons. The molecule has 0 aliphatic heterocycles. The van der Waals surface area contributed by atoms with Crippen LogP contribution in [-0.4, -0.2) is 22.4 Å². The van der Waals surface area contributed by atoms with Crippen molar-refractivity contribution in [2.24, 2.45) is 0 Å². The van der Waals surface area contributed by atoms with Crippen LogP contribution < -0.4 is 0 Å². The highest BCUT2D eigenvalue weighted by Gasteiger charge is 1.91. The van der Waals surface area contributed by atoms with Crippen molar-refractivity contribution in [3.8, 4) is 0 Å². The summed E-state index contributed by atoms with van der Waals surface area (Å²) in [7, 11) is 1.62. The van der Waals surface area contributed by atoms with Gasteiger partial charge in [-0.05, 0) is 6.92 Å².